The van der Waals surface area contributed by atoms with Crippen LogP contribution in [-0.4, -0.2) is 52.1 Å². The van der Waals surface area contributed by atoms with Crippen LogP contribution in [0.2, 0.25) is 0 Å². The Balaban J connectivity index is 1.88. The van der Waals surface area contributed by atoms with E-state index in [1.807, 2.05) is 19.1 Å². The Kier molecular flexibility index (Phi) is 6.33. The number of ether oxygens (including phenoxy) is 3. The maximum Gasteiger partial charge on any atom is 0.347 e. The number of methoxy groups -OCH3 is 1. The van der Waals surface area contributed by atoms with E-state index < -0.39 is 16.0 Å². The fourth-order valence-corrected chi connectivity index (χ4v) is 4.33. The molecule has 28 heavy (non-hydrogen) atoms. The molecule has 0 aromatic heterocycles. The minimum absolute atomic E-state index is 0.0171. The lowest BCUT2D eigenvalue weighted by atomic mass is 10.1. The van der Waals surface area contributed by atoms with Crippen molar-refractivity contribution in [3.8, 4) is 11.5 Å². The first-order chi connectivity index (χ1) is 13.5. The Morgan fingerprint density at radius 1 is 1.11 bits per heavy atom. The summed E-state index contributed by atoms with van der Waals surface area (Å²) in [5.74, 6) is -0.0538. The zero-order valence-electron chi connectivity index (χ0n) is 15.9. The average Bonchev–Trinajstić information content (AvgIpc) is 2.74. The van der Waals surface area contributed by atoms with Crippen molar-refractivity contribution in [1.82, 2.24) is 4.31 Å². The van der Waals surface area contributed by atoms with Crippen LogP contribution in [0.15, 0.2) is 47.4 Å². The molecule has 0 unspecified atom stereocenters. The molecule has 2 aromatic rings. The van der Waals surface area contributed by atoms with E-state index >= 15 is 0 Å². The van der Waals surface area contributed by atoms with Crippen LogP contribution in [0, 0.1) is 0 Å². The van der Waals surface area contributed by atoms with Crippen LogP contribution in [0.5, 0.6) is 11.5 Å². The van der Waals surface area contributed by atoms with Crippen molar-refractivity contribution in [2.45, 2.75) is 18.2 Å². The number of nitrogens with zero attached hydrogens (tertiary/aromatic N) is 1. The average molecular weight is 405 g/mol. The second-order valence-electron chi connectivity index (χ2n) is 6.27. The highest BCUT2D eigenvalue weighted by Gasteiger charge is 2.28. The van der Waals surface area contributed by atoms with E-state index in [0.717, 1.165) is 12.0 Å². The summed E-state index contributed by atoms with van der Waals surface area (Å²) in [6, 6.07) is 11.3. The lowest BCUT2D eigenvalue weighted by molar-refractivity contribution is 0.0725. The zero-order valence-corrected chi connectivity index (χ0v) is 16.7. The van der Waals surface area contributed by atoms with Gasteiger partial charge >= 0.3 is 5.97 Å². The van der Waals surface area contributed by atoms with Gasteiger partial charge in [-0.15, -0.1) is 0 Å². The summed E-state index contributed by atoms with van der Waals surface area (Å²) in [6.45, 7) is 3.28. The van der Waals surface area contributed by atoms with Crippen LogP contribution in [0.25, 0.3) is 0 Å². The monoisotopic (exact) mass is 405 g/mol. The van der Waals surface area contributed by atoms with Gasteiger partial charge in [0, 0.05) is 13.1 Å². The van der Waals surface area contributed by atoms with Gasteiger partial charge in [0.05, 0.1) is 25.2 Å². The van der Waals surface area contributed by atoms with Crippen molar-refractivity contribution in [2.75, 3.05) is 33.4 Å². The molecule has 0 radical (unpaired) electrons. The molecule has 3 rings (SSSR count). The molecule has 0 aliphatic carbocycles. The standard InChI is InChI=1S/C20H23NO6S/c1-3-15-4-6-16(7-5-15)27-20(22)18-14-17(8-9-19(18)25-2)28(23,24)21-10-12-26-13-11-21/h4-9,14H,3,10-13H2,1-2H3. The zero-order chi connectivity index (χ0) is 20.1. The molecule has 0 atom stereocenters. The van der Waals surface area contributed by atoms with E-state index in [4.69, 9.17) is 14.2 Å². The van der Waals surface area contributed by atoms with Crippen molar-refractivity contribution in [2.24, 2.45) is 0 Å². The molecular formula is C20H23NO6S. The molecule has 0 amide bonds. The molecule has 2 aromatic carbocycles. The van der Waals surface area contributed by atoms with Crippen LogP contribution in [-0.2, 0) is 21.2 Å². The highest BCUT2D eigenvalue weighted by Crippen LogP contribution is 2.26. The van der Waals surface area contributed by atoms with E-state index in [1.54, 1.807) is 12.1 Å². The molecule has 1 heterocycles. The van der Waals surface area contributed by atoms with E-state index in [2.05, 4.69) is 0 Å². The van der Waals surface area contributed by atoms with Crippen molar-refractivity contribution >= 4 is 16.0 Å². The maximum atomic E-state index is 12.9. The molecule has 0 saturated carbocycles. The quantitative estimate of drug-likeness (QED) is 0.543. The Morgan fingerprint density at radius 3 is 2.39 bits per heavy atom. The van der Waals surface area contributed by atoms with E-state index in [9.17, 15) is 13.2 Å². The summed E-state index contributed by atoms with van der Waals surface area (Å²) in [5, 5.41) is 0. The molecule has 1 saturated heterocycles. The molecule has 1 aliphatic rings. The van der Waals surface area contributed by atoms with Crippen LogP contribution in [0.4, 0.5) is 0 Å². The summed E-state index contributed by atoms with van der Waals surface area (Å²) in [6.07, 6.45) is 0.878. The molecule has 0 bridgehead atoms. The predicted octanol–water partition coefficient (Wildman–Crippen LogP) is 2.50. The number of aryl methyl sites for hydroxylation is 1. The highest BCUT2D eigenvalue weighted by atomic mass is 32.2. The largest absolute Gasteiger partial charge is 0.496 e. The number of hydrogen-bond acceptors (Lipinski definition) is 6. The molecule has 0 N–H and O–H groups in total. The van der Waals surface area contributed by atoms with Gasteiger partial charge in [-0.3, -0.25) is 0 Å². The third-order valence-corrected chi connectivity index (χ3v) is 6.44. The minimum Gasteiger partial charge on any atom is -0.496 e. The summed E-state index contributed by atoms with van der Waals surface area (Å²) < 4.78 is 42.9. The Hall–Kier alpha value is -2.42. The third kappa shape index (κ3) is 4.35. The summed E-state index contributed by atoms with van der Waals surface area (Å²) in [5.41, 5.74) is 1.17. The predicted molar refractivity (Wildman–Crippen MR) is 103 cm³/mol. The summed E-state index contributed by atoms with van der Waals surface area (Å²) >= 11 is 0. The van der Waals surface area contributed by atoms with Crippen LogP contribution in [0.3, 0.4) is 0 Å². The Morgan fingerprint density at radius 2 is 1.79 bits per heavy atom. The first kappa shape index (κ1) is 20.3. The number of esters is 1. The van der Waals surface area contributed by atoms with Gasteiger partial charge in [0.2, 0.25) is 10.0 Å². The second-order valence-corrected chi connectivity index (χ2v) is 8.20. The fourth-order valence-electron chi connectivity index (χ4n) is 2.90. The van der Waals surface area contributed by atoms with Gasteiger partial charge in [0.1, 0.15) is 17.1 Å². The number of benzene rings is 2. The van der Waals surface area contributed by atoms with Crippen molar-refractivity contribution in [1.29, 1.82) is 0 Å². The van der Waals surface area contributed by atoms with Gasteiger partial charge in [0.15, 0.2) is 0 Å². The second kappa shape index (κ2) is 8.72. The number of sulfonamides is 1. The highest BCUT2D eigenvalue weighted by molar-refractivity contribution is 7.89. The Bertz CT molecular complexity index is 934. The van der Waals surface area contributed by atoms with E-state index in [-0.39, 0.29) is 29.3 Å². The van der Waals surface area contributed by atoms with Gasteiger partial charge in [0.25, 0.3) is 0 Å². The summed E-state index contributed by atoms with van der Waals surface area (Å²) in [4.78, 5) is 12.7. The molecule has 1 fully saturated rings. The Labute approximate surface area is 164 Å². The molecule has 7 nitrogen and oxygen atoms in total. The maximum absolute atomic E-state index is 12.9. The molecular weight excluding hydrogens is 382 g/mol. The SMILES string of the molecule is CCc1ccc(OC(=O)c2cc(S(=O)(=O)N3CCOCC3)ccc2OC)cc1. The smallest absolute Gasteiger partial charge is 0.347 e. The first-order valence-corrected chi connectivity index (χ1v) is 10.5. The number of rotatable bonds is 6. The minimum atomic E-state index is -3.73. The number of carbonyl (C=O) groups is 1. The van der Waals surface area contributed by atoms with Crippen molar-refractivity contribution in [3.63, 3.8) is 0 Å². The van der Waals surface area contributed by atoms with Crippen molar-refractivity contribution in [3.05, 3.63) is 53.6 Å². The van der Waals surface area contributed by atoms with E-state index in [0.29, 0.717) is 19.0 Å². The van der Waals surface area contributed by atoms with Gasteiger partial charge in [-0.25, -0.2) is 13.2 Å². The fraction of sp³-hybridized carbons (Fsp3) is 0.350. The molecule has 150 valence electrons. The lowest BCUT2D eigenvalue weighted by Gasteiger charge is -2.26. The number of hydrogen-bond donors (Lipinski definition) is 0. The summed E-state index contributed by atoms with van der Waals surface area (Å²) in [7, 11) is -2.32. The topological polar surface area (TPSA) is 82.1 Å². The first-order valence-electron chi connectivity index (χ1n) is 9.02. The van der Waals surface area contributed by atoms with Gasteiger partial charge in [-0.05, 0) is 42.3 Å². The van der Waals surface area contributed by atoms with Crippen molar-refractivity contribution < 1.29 is 27.4 Å². The molecule has 0 spiro atoms. The van der Waals surface area contributed by atoms with Gasteiger partial charge < -0.3 is 14.2 Å². The van der Waals surface area contributed by atoms with Gasteiger partial charge in [-0.1, -0.05) is 19.1 Å². The normalized spacial score (nSPS) is 15.2. The number of carbonyl (C=O) groups excluding carboxylic acids is 1. The molecule has 1 aliphatic heterocycles. The lowest BCUT2D eigenvalue weighted by Crippen LogP contribution is -2.40. The van der Waals surface area contributed by atoms with Gasteiger partial charge in [-0.2, -0.15) is 4.31 Å². The molecule has 8 heteroatoms. The van der Waals surface area contributed by atoms with Crippen LogP contribution in [0.1, 0.15) is 22.8 Å². The van der Waals surface area contributed by atoms with Crippen LogP contribution < -0.4 is 9.47 Å². The third-order valence-electron chi connectivity index (χ3n) is 4.54. The van der Waals surface area contributed by atoms with E-state index in [1.165, 1.54) is 29.6 Å². The van der Waals surface area contributed by atoms with Crippen LogP contribution >= 0.6 is 0 Å². The number of morpholine rings is 1.